The lowest BCUT2D eigenvalue weighted by Gasteiger charge is -2.23. The van der Waals surface area contributed by atoms with Crippen LogP contribution in [-0.4, -0.2) is 10.9 Å². The average Bonchev–Trinajstić information content (AvgIpc) is 2.96. The van der Waals surface area contributed by atoms with Crippen LogP contribution in [0.1, 0.15) is 39.9 Å². The van der Waals surface area contributed by atoms with Crippen molar-refractivity contribution in [3.63, 3.8) is 0 Å². The lowest BCUT2D eigenvalue weighted by molar-refractivity contribution is 0.0911. The maximum absolute atomic E-state index is 12.1. The molecule has 0 unspecified atom stereocenters. The van der Waals surface area contributed by atoms with Gasteiger partial charge in [0.1, 0.15) is 17.0 Å². The van der Waals surface area contributed by atoms with Crippen molar-refractivity contribution in [2.24, 2.45) is 5.73 Å². The number of rotatable bonds is 4. The van der Waals surface area contributed by atoms with Gasteiger partial charge < -0.3 is 15.5 Å². The second-order valence-electron chi connectivity index (χ2n) is 4.86. The third-order valence-corrected chi connectivity index (χ3v) is 3.94. The van der Waals surface area contributed by atoms with E-state index in [0.717, 1.165) is 9.88 Å². The Balaban J connectivity index is 0.00000200. The van der Waals surface area contributed by atoms with Crippen molar-refractivity contribution in [2.45, 2.75) is 32.9 Å². The van der Waals surface area contributed by atoms with Crippen molar-refractivity contribution in [2.75, 3.05) is 0 Å². The van der Waals surface area contributed by atoms with Crippen LogP contribution in [-0.2, 0) is 12.1 Å². The van der Waals surface area contributed by atoms with Gasteiger partial charge in [-0.15, -0.1) is 36.2 Å². The molecule has 0 fully saturated rings. The Morgan fingerprint density at radius 2 is 2.14 bits per heavy atom. The van der Waals surface area contributed by atoms with Crippen LogP contribution in [0.2, 0.25) is 0 Å². The number of carbonyl (C=O) groups is 1. The first-order valence-electron chi connectivity index (χ1n) is 5.95. The number of nitrogens with two attached hydrogens (primary N) is 1. The molecule has 3 N–H and O–H groups in total. The van der Waals surface area contributed by atoms with Crippen LogP contribution in [0.4, 0.5) is 0 Å². The van der Waals surface area contributed by atoms with Gasteiger partial charge in [-0.05, 0) is 26.8 Å². The van der Waals surface area contributed by atoms with E-state index in [1.807, 2.05) is 20.8 Å². The number of aryl methyl sites for hydroxylation is 1. The standard InChI is InChI=1S/C13H17N3O2S.2ClH/c1-8-6-15-12(19-8)13(2,3)16-11(17)9-4-10(5-14)18-7-9;;/h4,6-7H,5,14H2,1-3H3,(H,16,17);2*1H. The van der Waals surface area contributed by atoms with Crippen molar-refractivity contribution in [3.8, 4) is 0 Å². The predicted octanol–water partition coefficient (Wildman–Crippen LogP) is 3.01. The van der Waals surface area contributed by atoms with Crippen LogP contribution in [0.25, 0.3) is 0 Å². The number of halogens is 2. The molecule has 0 aliphatic rings. The van der Waals surface area contributed by atoms with Crippen molar-refractivity contribution in [1.29, 1.82) is 0 Å². The minimum Gasteiger partial charge on any atom is -0.467 e. The minimum atomic E-state index is -0.518. The second kappa shape index (κ2) is 7.79. The summed E-state index contributed by atoms with van der Waals surface area (Å²) in [5, 5.41) is 3.82. The van der Waals surface area contributed by atoms with Crippen LogP contribution in [0.15, 0.2) is 22.9 Å². The third-order valence-electron chi connectivity index (χ3n) is 2.70. The molecule has 2 rings (SSSR count). The summed E-state index contributed by atoms with van der Waals surface area (Å²) in [6.45, 7) is 6.12. The van der Waals surface area contributed by atoms with E-state index in [0.29, 0.717) is 11.3 Å². The quantitative estimate of drug-likeness (QED) is 0.886. The number of nitrogens with zero attached hydrogens (tertiary/aromatic N) is 1. The predicted molar refractivity (Wildman–Crippen MR) is 88.4 cm³/mol. The Labute approximate surface area is 140 Å². The number of thiazole rings is 1. The van der Waals surface area contributed by atoms with Crippen LogP contribution in [0.3, 0.4) is 0 Å². The molecule has 0 spiro atoms. The highest BCUT2D eigenvalue weighted by atomic mass is 35.5. The van der Waals surface area contributed by atoms with Crippen molar-refractivity contribution in [1.82, 2.24) is 10.3 Å². The number of furan rings is 1. The SMILES string of the molecule is Cc1cnc(C(C)(C)NC(=O)c2coc(CN)c2)s1.Cl.Cl. The summed E-state index contributed by atoms with van der Waals surface area (Å²) in [6.07, 6.45) is 3.22. The Bertz CT molecular complexity index is 596. The number of hydrogen-bond donors (Lipinski definition) is 2. The number of hydrogen-bond acceptors (Lipinski definition) is 5. The van der Waals surface area contributed by atoms with Crippen LogP contribution in [0, 0.1) is 6.92 Å². The topological polar surface area (TPSA) is 81.2 Å². The van der Waals surface area contributed by atoms with E-state index in [4.69, 9.17) is 10.2 Å². The summed E-state index contributed by atoms with van der Waals surface area (Å²) in [6, 6.07) is 1.65. The van der Waals surface area contributed by atoms with E-state index in [1.165, 1.54) is 6.26 Å². The summed E-state index contributed by atoms with van der Waals surface area (Å²) in [7, 11) is 0. The first kappa shape index (κ1) is 19.9. The summed E-state index contributed by atoms with van der Waals surface area (Å²) in [5.74, 6) is 0.398. The molecule has 2 heterocycles. The molecule has 0 aromatic carbocycles. The van der Waals surface area contributed by atoms with Crippen molar-refractivity contribution in [3.05, 3.63) is 39.7 Å². The molecule has 0 saturated heterocycles. The van der Waals surface area contributed by atoms with Crippen LogP contribution in [0.5, 0.6) is 0 Å². The summed E-state index contributed by atoms with van der Waals surface area (Å²) < 4.78 is 5.16. The first-order valence-corrected chi connectivity index (χ1v) is 6.77. The van der Waals surface area contributed by atoms with E-state index in [9.17, 15) is 4.79 Å². The van der Waals surface area contributed by atoms with Gasteiger partial charge in [0, 0.05) is 11.1 Å². The van der Waals surface area contributed by atoms with Crippen molar-refractivity contribution < 1.29 is 9.21 Å². The molecule has 2 aromatic rings. The fourth-order valence-electron chi connectivity index (χ4n) is 1.66. The fraction of sp³-hybridized carbons (Fsp3) is 0.385. The fourth-order valence-corrected chi connectivity index (χ4v) is 2.48. The molecule has 0 atom stereocenters. The van der Waals surface area contributed by atoms with Gasteiger partial charge in [-0.3, -0.25) is 4.79 Å². The smallest absolute Gasteiger partial charge is 0.255 e. The zero-order valence-electron chi connectivity index (χ0n) is 12.0. The lowest BCUT2D eigenvalue weighted by Crippen LogP contribution is -2.40. The zero-order chi connectivity index (χ0) is 14.0. The summed E-state index contributed by atoms with van der Waals surface area (Å²) in [5.41, 5.74) is 5.41. The maximum atomic E-state index is 12.1. The monoisotopic (exact) mass is 351 g/mol. The zero-order valence-corrected chi connectivity index (χ0v) is 14.5. The van der Waals surface area contributed by atoms with Gasteiger partial charge in [0.2, 0.25) is 0 Å². The highest BCUT2D eigenvalue weighted by Crippen LogP contribution is 2.25. The summed E-state index contributed by atoms with van der Waals surface area (Å²) in [4.78, 5) is 17.6. The Morgan fingerprint density at radius 1 is 1.48 bits per heavy atom. The third kappa shape index (κ3) is 4.71. The second-order valence-corrected chi connectivity index (χ2v) is 6.10. The average molecular weight is 352 g/mol. The van der Waals surface area contributed by atoms with E-state index in [2.05, 4.69) is 10.3 Å². The van der Waals surface area contributed by atoms with E-state index in [-0.39, 0.29) is 37.3 Å². The molecule has 0 saturated carbocycles. The first-order chi connectivity index (χ1) is 8.92. The number of nitrogens with one attached hydrogen (secondary N) is 1. The number of aromatic nitrogens is 1. The molecule has 5 nitrogen and oxygen atoms in total. The molecule has 118 valence electrons. The van der Waals surface area contributed by atoms with Gasteiger partial charge in [0.05, 0.1) is 17.6 Å². The molecule has 2 aromatic heterocycles. The van der Waals surface area contributed by atoms with Gasteiger partial charge in [0.15, 0.2) is 0 Å². The molecular formula is C13H19Cl2N3O2S. The van der Waals surface area contributed by atoms with E-state index < -0.39 is 5.54 Å². The molecule has 0 bridgehead atoms. The highest BCUT2D eigenvalue weighted by Gasteiger charge is 2.27. The van der Waals surface area contributed by atoms with Gasteiger partial charge in [-0.25, -0.2) is 4.98 Å². The van der Waals surface area contributed by atoms with Gasteiger partial charge >= 0.3 is 0 Å². The Kier molecular flexibility index (Phi) is 7.39. The highest BCUT2D eigenvalue weighted by molar-refractivity contribution is 7.11. The van der Waals surface area contributed by atoms with E-state index in [1.54, 1.807) is 23.6 Å². The molecule has 0 radical (unpaired) electrons. The van der Waals surface area contributed by atoms with E-state index >= 15 is 0 Å². The normalized spacial score (nSPS) is 10.5. The summed E-state index contributed by atoms with van der Waals surface area (Å²) >= 11 is 1.57. The van der Waals surface area contributed by atoms with Crippen LogP contribution >= 0.6 is 36.2 Å². The lowest BCUT2D eigenvalue weighted by atomic mass is 10.1. The van der Waals surface area contributed by atoms with Gasteiger partial charge in [0.25, 0.3) is 5.91 Å². The molecule has 0 aliphatic carbocycles. The molecule has 1 amide bonds. The molecule has 21 heavy (non-hydrogen) atoms. The molecule has 8 heteroatoms. The van der Waals surface area contributed by atoms with Crippen LogP contribution < -0.4 is 11.1 Å². The number of carbonyl (C=O) groups excluding carboxylic acids is 1. The Hall–Kier alpha value is -1.08. The van der Waals surface area contributed by atoms with Gasteiger partial charge in [-0.2, -0.15) is 0 Å². The molecular weight excluding hydrogens is 333 g/mol. The van der Waals surface area contributed by atoms with Crippen molar-refractivity contribution >= 4 is 42.1 Å². The maximum Gasteiger partial charge on any atom is 0.255 e. The number of amides is 1. The minimum absolute atomic E-state index is 0. The molecule has 0 aliphatic heterocycles. The Morgan fingerprint density at radius 3 is 2.62 bits per heavy atom. The van der Waals surface area contributed by atoms with Gasteiger partial charge in [-0.1, -0.05) is 0 Å². The largest absolute Gasteiger partial charge is 0.467 e.